The van der Waals surface area contributed by atoms with Gasteiger partial charge in [-0.2, -0.15) is 0 Å². The molecule has 1 aromatic rings. The van der Waals surface area contributed by atoms with E-state index in [1.807, 2.05) is 31.2 Å². The molecule has 0 saturated heterocycles. The van der Waals surface area contributed by atoms with Gasteiger partial charge in [-0.3, -0.25) is 11.3 Å². The SMILES string of the molecule is C=C(C)CC(NN)c1cccc(OC)c1. The quantitative estimate of drug-likeness (QED) is 0.441. The summed E-state index contributed by atoms with van der Waals surface area (Å²) in [5.41, 5.74) is 4.99. The third-order valence-electron chi connectivity index (χ3n) is 2.25. The van der Waals surface area contributed by atoms with Crippen LogP contribution in [0.1, 0.15) is 24.9 Å². The molecule has 0 amide bonds. The molecule has 1 rings (SSSR count). The Kier molecular flexibility index (Phi) is 4.34. The molecule has 0 fully saturated rings. The van der Waals surface area contributed by atoms with E-state index < -0.39 is 0 Å². The van der Waals surface area contributed by atoms with E-state index in [-0.39, 0.29) is 6.04 Å². The van der Waals surface area contributed by atoms with E-state index in [9.17, 15) is 0 Å². The Bertz CT molecular complexity index is 336. The molecule has 15 heavy (non-hydrogen) atoms. The number of benzene rings is 1. The Morgan fingerprint density at radius 2 is 2.33 bits per heavy atom. The number of hydrogen-bond acceptors (Lipinski definition) is 3. The van der Waals surface area contributed by atoms with Gasteiger partial charge in [-0.1, -0.05) is 17.7 Å². The van der Waals surface area contributed by atoms with Crippen LogP contribution in [0, 0.1) is 0 Å². The van der Waals surface area contributed by atoms with E-state index in [0.29, 0.717) is 0 Å². The molecule has 1 unspecified atom stereocenters. The van der Waals surface area contributed by atoms with Crippen molar-refractivity contribution in [2.75, 3.05) is 7.11 Å². The Labute approximate surface area is 90.9 Å². The van der Waals surface area contributed by atoms with Crippen molar-refractivity contribution < 1.29 is 4.74 Å². The molecule has 3 nitrogen and oxygen atoms in total. The van der Waals surface area contributed by atoms with Crippen LogP contribution >= 0.6 is 0 Å². The molecule has 0 aliphatic carbocycles. The van der Waals surface area contributed by atoms with Crippen molar-refractivity contribution in [1.29, 1.82) is 0 Å². The zero-order chi connectivity index (χ0) is 11.3. The van der Waals surface area contributed by atoms with E-state index in [2.05, 4.69) is 12.0 Å². The molecule has 1 atom stereocenters. The molecular weight excluding hydrogens is 188 g/mol. The van der Waals surface area contributed by atoms with Crippen molar-refractivity contribution in [1.82, 2.24) is 5.43 Å². The fourth-order valence-electron chi connectivity index (χ4n) is 1.48. The minimum absolute atomic E-state index is 0.0950. The van der Waals surface area contributed by atoms with Gasteiger partial charge in [-0.25, -0.2) is 0 Å². The summed E-state index contributed by atoms with van der Waals surface area (Å²) in [5.74, 6) is 6.35. The molecule has 0 heterocycles. The van der Waals surface area contributed by atoms with Gasteiger partial charge in [0.05, 0.1) is 7.11 Å². The van der Waals surface area contributed by atoms with Gasteiger partial charge >= 0.3 is 0 Å². The minimum Gasteiger partial charge on any atom is -0.497 e. The van der Waals surface area contributed by atoms with Gasteiger partial charge in [0.15, 0.2) is 0 Å². The second-order valence-corrected chi connectivity index (χ2v) is 3.66. The normalized spacial score (nSPS) is 12.2. The zero-order valence-electron chi connectivity index (χ0n) is 9.29. The van der Waals surface area contributed by atoms with Gasteiger partial charge in [-0.05, 0) is 31.0 Å². The van der Waals surface area contributed by atoms with Crippen LogP contribution in [0.5, 0.6) is 5.75 Å². The van der Waals surface area contributed by atoms with Crippen molar-refractivity contribution in [3.05, 3.63) is 42.0 Å². The van der Waals surface area contributed by atoms with E-state index in [4.69, 9.17) is 10.6 Å². The predicted octanol–water partition coefficient (Wildman–Crippen LogP) is 2.17. The maximum Gasteiger partial charge on any atom is 0.119 e. The third-order valence-corrected chi connectivity index (χ3v) is 2.25. The molecule has 0 saturated carbocycles. The smallest absolute Gasteiger partial charge is 0.119 e. The van der Waals surface area contributed by atoms with Gasteiger partial charge < -0.3 is 4.74 Å². The first-order chi connectivity index (χ1) is 7.17. The first kappa shape index (κ1) is 11.8. The molecule has 0 aliphatic rings. The predicted molar refractivity (Wildman–Crippen MR) is 62.5 cm³/mol. The summed E-state index contributed by atoms with van der Waals surface area (Å²) in [6, 6.07) is 7.97. The number of nitrogens with two attached hydrogens (primary N) is 1. The first-order valence-corrected chi connectivity index (χ1v) is 4.92. The Morgan fingerprint density at radius 3 is 2.87 bits per heavy atom. The highest BCUT2D eigenvalue weighted by Gasteiger charge is 2.09. The van der Waals surface area contributed by atoms with Crippen LogP contribution in [0.2, 0.25) is 0 Å². The highest BCUT2D eigenvalue weighted by Crippen LogP contribution is 2.22. The first-order valence-electron chi connectivity index (χ1n) is 4.92. The molecule has 3 N–H and O–H groups in total. The van der Waals surface area contributed by atoms with E-state index >= 15 is 0 Å². The van der Waals surface area contributed by atoms with Crippen molar-refractivity contribution in [3.63, 3.8) is 0 Å². The van der Waals surface area contributed by atoms with Gasteiger partial charge in [0.25, 0.3) is 0 Å². The zero-order valence-corrected chi connectivity index (χ0v) is 9.29. The fourth-order valence-corrected chi connectivity index (χ4v) is 1.48. The molecule has 0 bridgehead atoms. The van der Waals surface area contributed by atoms with Crippen LogP contribution in [-0.4, -0.2) is 7.11 Å². The molecule has 3 heteroatoms. The van der Waals surface area contributed by atoms with Gasteiger partial charge in [0.2, 0.25) is 0 Å². The van der Waals surface area contributed by atoms with Crippen LogP contribution in [0.4, 0.5) is 0 Å². The number of ether oxygens (including phenoxy) is 1. The average Bonchev–Trinajstić information content (AvgIpc) is 2.25. The maximum absolute atomic E-state index is 5.51. The van der Waals surface area contributed by atoms with Crippen molar-refractivity contribution in [3.8, 4) is 5.75 Å². The van der Waals surface area contributed by atoms with Gasteiger partial charge in [0.1, 0.15) is 5.75 Å². The molecule has 0 radical (unpaired) electrons. The summed E-state index contributed by atoms with van der Waals surface area (Å²) in [5, 5.41) is 0. The molecule has 82 valence electrons. The monoisotopic (exact) mass is 206 g/mol. The minimum atomic E-state index is 0.0950. The Balaban J connectivity index is 2.85. The topological polar surface area (TPSA) is 47.3 Å². The van der Waals surface area contributed by atoms with E-state index in [1.165, 1.54) is 0 Å². The number of nitrogens with one attached hydrogen (secondary N) is 1. The van der Waals surface area contributed by atoms with Crippen molar-refractivity contribution in [2.24, 2.45) is 5.84 Å². The van der Waals surface area contributed by atoms with Crippen LogP contribution in [0.15, 0.2) is 36.4 Å². The maximum atomic E-state index is 5.51. The highest BCUT2D eigenvalue weighted by atomic mass is 16.5. The number of hydrogen-bond donors (Lipinski definition) is 2. The number of hydrazine groups is 1. The molecule has 0 aromatic heterocycles. The number of rotatable bonds is 5. The van der Waals surface area contributed by atoms with Gasteiger partial charge in [0, 0.05) is 6.04 Å². The van der Waals surface area contributed by atoms with Crippen LogP contribution < -0.4 is 16.0 Å². The van der Waals surface area contributed by atoms with Crippen LogP contribution in [-0.2, 0) is 0 Å². The summed E-state index contributed by atoms with van der Waals surface area (Å²) in [6.07, 6.45) is 0.823. The van der Waals surface area contributed by atoms with E-state index in [1.54, 1.807) is 7.11 Å². The van der Waals surface area contributed by atoms with Gasteiger partial charge in [-0.15, -0.1) is 6.58 Å². The summed E-state index contributed by atoms with van der Waals surface area (Å²) < 4.78 is 5.16. The largest absolute Gasteiger partial charge is 0.497 e. The Hall–Kier alpha value is -1.32. The second kappa shape index (κ2) is 5.53. The standard InChI is InChI=1S/C12H18N2O/c1-9(2)7-12(14-13)10-5-4-6-11(8-10)15-3/h4-6,8,12,14H,1,7,13H2,2-3H3. The van der Waals surface area contributed by atoms with E-state index in [0.717, 1.165) is 23.3 Å². The fraction of sp³-hybridized carbons (Fsp3) is 0.333. The second-order valence-electron chi connectivity index (χ2n) is 3.66. The molecule has 0 spiro atoms. The summed E-state index contributed by atoms with van der Waals surface area (Å²) in [4.78, 5) is 0. The lowest BCUT2D eigenvalue weighted by Gasteiger charge is -2.16. The molecular formula is C12H18N2O. The van der Waals surface area contributed by atoms with Crippen molar-refractivity contribution in [2.45, 2.75) is 19.4 Å². The third kappa shape index (κ3) is 3.38. The summed E-state index contributed by atoms with van der Waals surface area (Å²) >= 11 is 0. The molecule has 1 aromatic carbocycles. The number of methoxy groups -OCH3 is 1. The van der Waals surface area contributed by atoms with Crippen molar-refractivity contribution >= 4 is 0 Å². The lowest BCUT2D eigenvalue weighted by Crippen LogP contribution is -2.28. The summed E-state index contributed by atoms with van der Waals surface area (Å²) in [6.45, 7) is 5.87. The summed E-state index contributed by atoms with van der Waals surface area (Å²) in [7, 11) is 1.66. The highest BCUT2D eigenvalue weighted by molar-refractivity contribution is 5.31. The lowest BCUT2D eigenvalue weighted by atomic mass is 10.0. The lowest BCUT2D eigenvalue weighted by molar-refractivity contribution is 0.413. The average molecular weight is 206 g/mol. The van der Waals surface area contributed by atoms with Crippen LogP contribution in [0.3, 0.4) is 0 Å². The molecule has 0 aliphatic heterocycles. The van der Waals surface area contributed by atoms with Crippen LogP contribution in [0.25, 0.3) is 0 Å². The Morgan fingerprint density at radius 1 is 1.60 bits per heavy atom.